The van der Waals surface area contributed by atoms with Crippen LogP contribution in [0.5, 0.6) is 0 Å². The minimum Gasteiger partial charge on any atom is -0.310 e. The fourth-order valence-corrected chi connectivity index (χ4v) is 11.9. The van der Waals surface area contributed by atoms with Gasteiger partial charge in [-0.05, 0) is 153 Å². The molecule has 2 bridgehead atoms. The molecule has 11 rings (SSSR count). The second-order valence-corrected chi connectivity index (χ2v) is 18.3. The maximum absolute atomic E-state index is 2.63. The summed E-state index contributed by atoms with van der Waals surface area (Å²) in [5.74, 6) is 3.11. The van der Waals surface area contributed by atoms with Crippen molar-refractivity contribution in [3.8, 4) is 33.4 Å². The van der Waals surface area contributed by atoms with Gasteiger partial charge in [-0.2, -0.15) is 0 Å². The first kappa shape index (κ1) is 34.8. The van der Waals surface area contributed by atoms with Crippen molar-refractivity contribution < 1.29 is 0 Å². The summed E-state index contributed by atoms with van der Waals surface area (Å²) in [5, 5.41) is 2.76. The summed E-state index contributed by atoms with van der Waals surface area (Å²) in [7, 11) is 0. The third-order valence-corrected chi connectivity index (χ3v) is 14.7. The Morgan fingerprint density at radius 2 is 1.26 bits per heavy atom. The average Bonchev–Trinajstić information content (AvgIpc) is 3.97. The summed E-state index contributed by atoms with van der Waals surface area (Å²) in [6.45, 7) is 4.89. The van der Waals surface area contributed by atoms with Crippen LogP contribution in [0.3, 0.4) is 0 Å². The lowest BCUT2D eigenvalue weighted by molar-refractivity contribution is 0.420. The highest BCUT2D eigenvalue weighted by atomic mass is 15.1. The zero-order valence-electron chi connectivity index (χ0n) is 33.6. The number of rotatable bonds is 7. The van der Waals surface area contributed by atoms with Crippen LogP contribution in [0.4, 0.5) is 17.1 Å². The summed E-state index contributed by atoms with van der Waals surface area (Å²) in [4.78, 5) is 2.63. The van der Waals surface area contributed by atoms with Gasteiger partial charge < -0.3 is 4.90 Å². The third kappa shape index (κ3) is 5.88. The molecule has 4 aliphatic rings. The van der Waals surface area contributed by atoms with Gasteiger partial charge in [0, 0.05) is 22.2 Å². The van der Waals surface area contributed by atoms with Crippen LogP contribution >= 0.6 is 0 Å². The van der Waals surface area contributed by atoms with Gasteiger partial charge in [0.05, 0.1) is 5.69 Å². The molecular weight excluding hydrogens is 687 g/mol. The zero-order chi connectivity index (χ0) is 38.1. The Kier molecular flexibility index (Phi) is 8.50. The number of anilines is 3. The Hall–Kier alpha value is -5.40. The van der Waals surface area contributed by atoms with E-state index in [1.807, 2.05) is 0 Å². The van der Waals surface area contributed by atoms with Gasteiger partial charge in [0.2, 0.25) is 0 Å². The molecule has 3 fully saturated rings. The van der Waals surface area contributed by atoms with Crippen molar-refractivity contribution in [2.75, 3.05) is 4.90 Å². The Morgan fingerprint density at radius 3 is 1.98 bits per heavy atom. The van der Waals surface area contributed by atoms with Crippen LogP contribution in [0.25, 0.3) is 44.2 Å². The second kappa shape index (κ2) is 13.9. The summed E-state index contributed by atoms with van der Waals surface area (Å²) >= 11 is 0. The first-order valence-corrected chi connectivity index (χ1v) is 21.9. The standard InChI is InChI=1S/C56H53N/c1-56(2)51-34-43(38-14-6-3-7-15-38)28-31-48(51)55-50(40-18-10-5-11-19-40)35-46(36-52(55)56)57(45-29-26-41(27-30-45)49-33-37-24-25-44(49)32-37)53-23-13-21-42-20-12-22-47(54(42)53)39-16-8-4-9-17-39/h3,5-7,10-15,18-23,26-31,34-37,39,44,49H,4,8-9,16-17,24-25,32-33H2,1-2H3. The molecule has 0 aliphatic heterocycles. The molecule has 1 heteroatoms. The smallest absolute Gasteiger partial charge is 0.0542 e. The molecule has 3 unspecified atom stereocenters. The molecular formula is C56H53N. The Labute approximate surface area is 339 Å². The second-order valence-electron chi connectivity index (χ2n) is 18.3. The molecule has 0 N–H and O–H groups in total. The van der Waals surface area contributed by atoms with Crippen molar-refractivity contribution in [3.63, 3.8) is 0 Å². The number of hydrogen-bond donors (Lipinski definition) is 0. The molecule has 0 amide bonds. The molecule has 3 atom stereocenters. The van der Waals surface area contributed by atoms with E-state index in [4.69, 9.17) is 0 Å². The third-order valence-electron chi connectivity index (χ3n) is 14.7. The van der Waals surface area contributed by atoms with Gasteiger partial charge >= 0.3 is 0 Å². The largest absolute Gasteiger partial charge is 0.310 e. The SMILES string of the molecule is CC1(C)c2cc(-c3ccccc3)ccc2-c2c(-c3ccccc3)cc(N(c3ccc(C4CC5CCC4C5)cc3)c3cccc4cccc(C5CCCCC5)c34)cc21. The van der Waals surface area contributed by atoms with Gasteiger partial charge in [0.15, 0.2) is 0 Å². The van der Waals surface area contributed by atoms with Gasteiger partial charge in [0.25, 0.3) is 0 Å². The maximum Gasteiger partial charge on any atom is 0.0542 e. The number of benzene rings is 7. The summed E-state index contributed by atoms with van der Waals surface area (Å²) in [6, 6.07) is 58.2. The molecule has 57 heavy (non-hydrogen) atoms. The van der Waals surface area contributed by atoms with E-state index < -0.39 is 0 Å². The Balaban J connectivity index is 1.14. The van der Waals surface area contributed by atoms with Crippen molar-refractivity contribution in [1.29, 1.82) is 0 Å². The van der Waals surface area contributed by atoms with Crippen LogP contribution in [0.1, 0.15) is 106 Å². The minimum atomic E-state index is -0.196. The predicted molar refractivity (Wildman–Crippen MR) is 241 cm³/mol. The minimum absolute atomic E-state index is 0.196. The van der Waals surface area contributed by atoms with Crippen LogP contribution < -0.4 is 4.90 Å². The molecule has 0 saturated heterocycles. The maximum atomic E-state index is 2.63. The number of hydrogen-bond acceptors (Lipinski definition) is 1. The first-order valence-electron chi connectivity index (χ1n) is 21.9. The highest BCUT2D eigenvalue weighted by molar-refractivity contribution is 6.03. The molecule has 4 aliphatic carbocycles. The van der Waals surface area contributed by atoms with Gasteiger partial charge in [-0.15, -0.1) is 0 Å². The molecule has 282 valence electrons. The van der Waals surface area contributed by atoms with Crippen LogP contribution in [0.2, 0.25) is 0 Å². The molecule has 0 radical (unpaired) electrons. The molecule has 0 spiro atoms. The highest BCUT2D eigenvalue weighted by Crippen LogP contribution is 2.57. The lowest BCUT2D eigenvalue weighted by Crippen LogP contribution is -2.17. The van der Waals surface area contributed by atoms with E-state index in [9.17, 15) is 0 Å². The van der Waals surface area contributed by atoms with E-state index in [0.717, 1.165) is 11.8 Å². The van der Waals surface area contributed by atoms with Gasteiger partial charge in [-0.25, -0.2) is 0 Å². The van der Waals surface area contributed by atoms with Crippen molar-refractivity contribution in [2.24, 2.45) is 11.8 Å². The first-order chi connectivity index (χ1) is 28.0. The molecule has 0 heterocycles. The highest BCUT2D eigenvalue weighted by Gasteiger charge is 2.41. The molecule has 7 aromatic carbocycles. The van der Waals surface area contributed by atoms with E-state index in [2.05, 4.69) is 170 Å². The average molecular weight is 740 g/mol. The van der Waals surface area contributed by atoms with E-state index in [0.29, 0.717) is 11.8 Å². The van der Waals surface area contributed by atoms with E-state index in [-0.39, 0.29) is 5.41 Å². The quantitative estimate of drug-likeness (QED) is 0.157. The molecule has 7 aromatic rings. The van der Waals surface area contributed by atoms with Crippen molar-refractivity contribution in [1.82, 2.24) is 0 Å². The van der Waals surface area contributed by atoms with Crippen LogP contribution in [-0.2, 0) is 5.41 Å². The number of fused-ring (bicyclic) bond motifs is 6. The fraction of sp³-hybridized carbons (Fsp3) is 0.286. The van der Waals surface area contributed by atoms with E-state index >= 15 is 0 Å². The lowest BCUT2D eigenvalue weighted by atomic mass is 9.80. The van der Waals surface area contributed by atoms with E-state index in [1.165, 1.54) is 141 Å². The van der Waals surface area contributed by atoms with E-state index in [1.54, 1.807) is 0 Å². The number of nitrogens with zero attached hydrogens (tertiary/aromatic N) is 1. The van der Waals surface area contributed by atoms with Gasteiger partial charge in [-0.1, -0.05) is 155 Å². The van der Waals surface area contributed by atoms with Crippen molar-refractivity contribution >= 4 is 27.8 Å². The summed E-state index contributed by atoms with van der Waals surface area (Å²) in [6.07, 6.45) is 12.2. The topological polar surface area (TPSA) is 3.24 Å². The van der Waals surface area contributed by atoms with Crippen molar-refractivity contribution in [3.05, 3.63) is 174 Å². The van der Waals surface area contributed by atoms with Gasteiger partial charge in [-0.3, -0.25) is 0 Å². The molecule has 1 nitrogen and oxygen atoms in total. The van der Waals surface area contributed by atoms with Crippen molar-refractivity contribution in [2.45, 2.75) is 88.9 Å². The Bertz CT molecular complexity index is 2590. The fourth-order valence-electron chi connectivity index (χ4n) is 11.9. The van der Waals surface area contributed by atoms with Crippen LogP contribution in [0.15, 0.2) is 152 Å². The zero-order valence-corrected chi connectivity index (χ0v) is 33.6. The summed E-state index contributed by atoms with van der Waals surface area (Å²) in [5.41, 5.74) is 17.3. The summed E-state index contributed by atoms with van der Waals surface area (Å²) < 4.78 is 0. The Morgan fingerprint density at radius 1 is 0.526 bits per heavy atom. The predicted octanol–water partition coefficient (Wildman–Crippen LogP) is 15.9. The van der Waals surface area contributed by atoms with Gasteiger partial charge in [0.1, 0.15) is 0 Å². The monoisotopic (exact) mass is 739 g/mol. The lowest BCUT2D eigenvalue weighted by Gasteiger charge is -2.32. The molecule has 3 saturated carbocycles. The van der Waals surface area contributed by atoms with Crippen LogP contribution in [-0.4, -0.2) is 0 Å². The van der Waals surface area contributed by atoms with Crippen LogP contribution in [0, 0.1) is 11.8 Å². The normalized spacial score (nSPS) is 20.8. The molecule has 0 aromatic heterocycles.